The summed E-state index contributed by atoms with van der Waals surface area (Å²) in [5.41, 5.74) is 4.26. The van der Waals surface area contributed by atoms with Gasteiger partial charge in [0.1, 0.15) is 24.7 Å². The molecular weight excluding hydrogens is 701 g/mol. The summed E-state index contributed by atoms with van der Waals surface area (Å²) in [6.07, 6.45) is 4.64. The van der Waals surface area contributed by atoms with Crippen molar-refractivity contribution in [3.63, 3.8) is 0 Å². The van der Waals surface area contributed by atoms with Crippen LogP contribution in [0.4, 0.5) is 0 Å². The number of hydrogen-bond acceptors (Lipinski definition) is 10. The quantitative estimate of drug-likeness (QED) is 0.0722. The molecule has 0 saturated heterocycles. The first-order chi connectivity index (χ1) is 24.9. The summed E-state index contributed by atoms with van der Waals surface area (Å²) >= 11 is 0. The van der Waals surface area contributed by atoms with Crippen molar-refractivity contribution < 1.29 is 36.5 Å². The lowest BCUT2D eigenvalue weighted by Gasteiger charge is -2.17. The van der Waals surface area contributed by atoms with Crippen LogP contribution in [0.25, 0.3) is 0 Å². The van der Waals surface area contributed by atoms with Crippen LogP contribution in [0.2, 0.25) is 0 Å². The van der Waals surface area contributed by atoms with Gasteiger partial charge in [0.15, 0.2) is 19.7 Å². The number of ether oxygens (including phenoxy) is 2. The molecule has 4 N–H and O–H groups in total. The summed E-state index contributed by atoms with van der Waals surface area (Å²) in [6.45, 7) is 2.78. The molecule has 2 atom stereocenters. The van der Waals surface area contributed by atoms with Crippen LogP contribution < -0.4 is 20.1 Å². The van der Waals surface area contributed by atoms with Crippen LogP contribution in [0, 0.1) is 0 Å². The Labute approximate surface area is 309 Å². The van der Waals surface area contributed by atoms with Crippen molar-refractivity contribution in [1.82, 2.24) is 10.6 Å². The summed E-state index contributed by atoms with van der Waals surface area (Å²) < 4.78 is 60.3. The van der Waals surface area contributed by atoms with Crippen molar-refractivity contribution in [2.45, 2.75) is 62.6 Å². The molecule has 2 unspecified atom stereocenters. The van der Waals surface area contributed by atoms with Gasteiger partial charge in [-0.2, -0.15) is 0 Å². The molecule has 0 heterocycles. The van der Waals surface area contributed by atoms with E-state index in [2.05, 4.69) is 10.6 Å². The van der Waals surface area contributed by atoms with Gasteiger partial charge in [-0.1, -0.05) is 85.6 Å². The Balaban J connectivity index is 1.13. The Morgan fingerprint density at radius 3 is 1.31 bits per heavy atom. The molecule has 0 bridgehead atoms. The first-order valence-corrected chi connectivity index (χ1v) is 21.7. The van der Waals surface area contributed by atoms with E-state index < -0.39 is 31.9 Å². The lowest BCUT2D eigenvalue weighted by molar-refractivity contribution is 0.173. The molecule has 0 radical (unpaired) electrons. The van der Waals surface area contributed by atoms with Crippen molar-refractivity contribution >= 4 is 19.7 Å². The van der Waals surface area contributed by atoms with Gasteiger partial charge in [0, 0.05) is 36.7 Å². The lowest BCUT2D eigenvalue weighted by atomic mass is 10.1. The molecule has 0 aliphatic rings. The molecule has 4 aromatic carbocycles. The minimum atomic E-state index is -3.31. The monoisotopic (exact) mass is 752 g/mol. The molecule has 0 aliphatic carbocycles. The zero-order valence-corrected chi connectivity index (χ0v) is 31.7. The Morgan fingerprint density at radius 2 is 0.942 bits per heavy atom. The molecule has 282 valence electrons. The van der Waals surface area contributed by atoms with Crippen LogP contribution >= 0.6 is 0 Å². The first kappa shape index (κ1) is 41.0. The average molecular weight is 753 g/mol. The number of rotatable bonds is 23. The highest BCUT2D eigenvalue weighted by Gasteiger charge is 2.17. The maximum atomic E-state index is 12.1. The third-order valence-corrected chi connectivity index (χ3v) is 10.1. The van der Waals surface area contributed by atoms with E-state index in [1.54, 1.807) is 36.4 Å². The third kappa shape index (κ3) is 15.1. The van der Waals surface area contributed by atoms with E-state index in [0.29, 0.717) is 60.1 Å². The van der Waals surface area contributed by atoms with Crippen molar-refractivity contribution in [2.24, 2.45) is 0 Å². The SMILES string of the molecule is CS(=O)(=O)Cc1cc(C(O)CNCCCCCCNCC(O)c2ccc(OCc3ccccc3)c(CS(C)(=O)=O)c2)ccc1OCc1ccccc1. The van der Waals surface area contributed by atoms with Crippen LogP contribution in [0.15, 0.2) is 97.1 Å². The summed E-state index contributed by atoms with van der Waals surface area (Å²) in [5, 5.41) is 28.2. The van der Waals surface area contributed by atoms with Gasteiger partial charge >= 0.3 is 0 Å². The minimum absolute atomic E-state index is 0.177. The summed E-state index contributed by atoms with van der Waals surface area (Å²) in [4.78, 5) is 0. The van der Waals surface area contributed by atoms with Gasteiger partial charge in [-0.05, 0) is 72.5 Å². The molecule has 0 fully saturated rings. The number of aliphatic hydroxyl groups is 2. The van der Waals surface area contributed by atoms with Gasteiger partial charge in [0.05, 0.1) is 23.7 Å². The molecule has 0 aromatic heterocycles. The molecule has 0 amide bonds. The fourth-order valence-corrected chi connectivity index (χ4v) is 7.30. The molecule has 52 heavy (non-hydrogen) atoms. The molecule has 0 spiro atoms. The van der Waals surface area contributed by atoms with Gasteiger partial charge in [-0.25, -0.2) is 16.8 Å². The molecule has 0 saturated carbocycles. The van der Waals surface area contributed by atoms with Crippen molar-refractivity contribution in [2.75, 3.05) is 38.7 Å². The fourth-order valence-electron chi connectivity index (χ4n) is 5.72. The second-order valence-electron chi connectivity index (χ2n) is 13.3. The second kappa shape index (κ2) is 20.5. The van der Waals surface area contributed by atoms with Gasteiger partial charge in [-0.3, -0.25) is 0 Å². The molecule has 10 nitrogen and oxygen atoms in total. The highest BCUT2D eigenvalue weighted by Crippen LogP contribution is 2.28. The molecular formula is C40H52N2O8S2. The molecule has 4 aromatic rings. The highest BCUT2D eigenvalue weighted by atomic mass is 32.2. The molecule has 12 heteroatoms. The van der Waals surface area contributed by atoms with Crippen LogP contribution in [0.3, 0.4) is 0 Å². The van der Waals surface area contributed by atoms with Crippen LogP contribution in [-0.2, 0) is 44.4 Å². The summed E-state index contributed by atoms with van der Waals surface area (Å²) in [7, 11) is -6.63. The zero-order chi connectivity index (χ0) is 37.4. The van der Waals surface area contributed by atoms with Crippen molar-refractivity contribution in [3.05, 3.63) is 130 Å². The normalized spacial score (nSPS) is 13.1. The van der Waals surface area contributed by atoms with Crippen molar-refractivity contribution in [1.29, 1.82) is 0 Å². The number of nitrogens with one attached hydrogen (secondary N) is 2. The maximum absolute atomic E-state index is 12.1. The Morgan fingerprint density at radius 1 is 0.558 bits per heavy atom. The Kier molecular flexibility index (Phi) is 16.1. The number of aliphatic hydroxyl groups excluding tert-OH is 2. The van der Waals surface area contributed by atoms with Gasteiger partial charge < -0.3 is 30.3 Å². The predicted octanol–water partition coefficient (Wildman–Crippen LogP) is 5.44. The Bertz CT molecular complexity index is 1750. The number of sulfone groups is 2. The van der Waals surface area contributed by atoms with Gasteiger partial charge in [0.25, 0.3) is 0 Å². The number of unbranched alkanes of at least 4 members (excludes halogenated alkanes) is 3. The lowest BCUT2D eigenvalue weighted by Crippen LogP contribution is -2.23. The van der Waals surface area contributed by atoms with Gasteiger partial charge in [-0.15, -0.1) is 0 Å². The van der Waals surface area contributed by atoms with Crippen LogP contribution in [0.5, 0.6) is 11.5 Å². The fraction of sp³-hybridized carbons (Fsp3) is 0.400. The van der Waals surface area contributed by atoms with Gasteiger partial charge in [0.2, 0.25) is 0 Å². The van der Waals surface area contributed by atoms with E-state index in [0.717, 1.165) is 49.9 Å². The third-order valence-electron chi connectivity index (χ3n) is 8.38. The molecule has 4 rings (SSSR count). The second-order valence-corrected chi connectivity index (χ2v) is 17.6. The van der Waals surface area contributed by atoms with E-state index >= 15 is 0 Å². The highest BCUT2D eigenvalue weighted by molar-refractivity contribution is 7.90. The topological polar surface area (TPSA) is 151 Å². The Hall–Kier alpha value is -3.78. The predicted molar refractivity (Wildman–Crippen MR) is 206 cm³/mol. The maximum Gasteiger partial charge on any atom is 0.151 e. The van der Waals surface area contributed by atoms with E-state index in [9.17, 15) is 27.0 Å². The van der Waals surface area contributed by atoms with E-state index in [1.807, 2.05) is 60.7 Å². The van der Waals surface area contributed by atoms with E-state index in [4.69, 9.17) is 9.47 Å². The smallest absolute Gasteiger partial charge is 0.151 e. The number of benzene rings is 4. The summed E-state index contributed by atoms with van der Waals surface area (Å²) in [6, 6.07) is 29.7. The zero-order valence-electron chi connectivity index (χ0n) is 30.0. The molecule has 0 aliphatic heterocycles. The number of hydrogen-bond donors (Lipinski definition) is 4. The average Bonchev–Trinajstić information content (AvgIpc) is 3.10. The minimum Gasteiger partial charge on any atom is -0.489 e. The van der Waals surface area contributed by atoms with E-state index in [-0.39, 0.29) is 11.5 Å². The summed E-state index contributed by atoms with van der Waals surface area (Å²) in [5.74, 6) is 0.617. The van der Waals surface area contributed by atoms with Crippen LogP contribution in [-0.4, -0.2) is 65.7 Å². The van der Waals surface area contributed by atoms with Crippen LogP contribution in [0.1, 0.15) is 71.3 Å². The largest absolute Gasteiger partial charge is 0.489 e. The first-order valence-electron chi connectivity index (χ1n) is 17.6. The van der Waals surface area contributed by atoms with Crippen molar-refractivity contribution in [3.8, 4) is 11.5 Å². The van der Waals surface area contributed by atoms with E-state index in [1.165, 1.54) is 12.5 Å². The standard InChI is InChI=1S/C40H52N2O8S2/c1-51(45,46)29-35-23-33(17-19-39(35)49-27-31-13-7-5-8-14-31)37(43)25-41-21-11-3-4-12-22-42-26-38(44)34-18-20-40(36(24-34)30-52(2,47)48)50-28-32-15-9-6-10-16-32/h5-10,13-20,23-24,37-38,41-44H,3-4,11-12,21-22,25-30H2,1-2H3.